The fourth-order valence-electron chi connectivity index (χ4n) is 3.73. The third kappa shape index (κ3) is 1.96. The van der Waals surface area contributed by atoms with E-state index in [0.29, 0.717) is 12.1 Å². The molecule has 6 heteroatoms. The van der Waals surface area contributed by atoms with Gasteiger partial charge >= 0.3 is 6.18 Å². The molecule has 0 aromatic carbocycles. The van der Waals surface area contributed by atoms with Gasteiger partial charge in [0.1, 0.15) is 11.2 Å². The second-order valence-electron chi connectivity index (χ2n) is 6.54. The largest absolute Gasteiger partial charge is 0.435 e. The summed E-state index contributed by atoms with van der Waals surface area (Å²) in [6.07, 6.45) is -1.01. The van der Waals surface area contributed by atoms with Gasteiger partial charge in [0, 0.05) is 31.5 Å². The molecule has 2 aromatic heterocycles. The van der Waals surface area contributed by atoms with E-state index in [1.54, 1.807) is 4.68 Å². The zero-order valence-corrected chi connectivity index (χ0v) is 13.8. The number of hydrogen-bond acceptors (Lipinski definition) is 1. The first-order chi connectivity index (χ1) is 10.7. The Morgan fingerprint density at radius 1 is 1.17 bits per heavy atom. The highest BCUT2D eigenvalue weighted by atomic mass is 19.4. The highest BCUT2D eigenvalue weighted by Gasteiger charge is 2.58. The van der Waals surface area contributed by atoms with E-state index in [0.717, 1.165) is 18.2 Å². The molecule has 124 valence electrons. The van der Waals surface area contributed by atoms with Crippen LogP contribution in [0.3, 0.4) is 0 Å². The minimum absolute atomic E-state index is 0.361. The van der Waals surface area contributed by atoms with Gasteiger partial charge in [0.15, 0.2) is 17.4 Å². The van der Waals surface area contributed by atoms with Crippen molar-refractivity contribution in [3.8, 4) is 11.4 Å². The quantitative estimate of drug-likeness (QED) is 0.762. The van der Waals surface area contributed by atoms with Crippen LogP contribution in [0, 0.1) is 0 Å². The Morgan fingerprint density at radius 2 is 1.87 bits per heavy atom. The topological polar surface area (TPSA) is 21.7 Å². The lowest BCUT2D eigenvalue weighted by molar-refractivity contribution is -0.770. The molecule has 0 fully saturated rings. The molecule has 2 aromatic rings. The van der Waals surface area contributed by atoms with Crippen LogP contribution >= 0.6 is 0 Å². The third-order valence-corrected chi connectivity index (χ3v) is 5.66. The maximum absolute atomic E-state index is 13.2. The Hall–Kier alpha value is -1.85. The lowest BCUT2D eigenvalue weighted by Gasteiger charge is -2.45. The van der Waals surface area contributed by atoms with E-state index < -0.39 is 17.4 Å². The van der Waals surface area contributed by atoms with Crippen LogP contribution in [0.25, 0.3) is 11.4 Å². The molecule has 2 atom stereocenters. The number of hydrogen-bond donors (Lipinski definition) is 0. The lowest BCUT2D eigenvalue weighted by Crippen LogP contribution is -2.69. The van der Waals surface area contributed by atoms with Crippen LogP contribution in [0.5, 0.6) is 0 Å². The Morgan fingerprint density at radius 3 is 2.43 bits per heavy atom. The maximum Gasteiger partial charge on any atom is 0.435 e. The smallest absolute Gasteiger partial charge is 0.245 e. The minimum atomic E-state index is -4.44. The maximum atomic E-state index is 13.2. The predicted molar refractivity (Wildman–Crippen MR) is 80.7 cm³/mol. The van der Waals surface area contributed by atoms with Crippen molar-refractivity contribution >= 4 is 0 Å². The van der Waals surface area contributed by atoms with Gasteiger partial charge in [0.2, 0.25) is 5.69 Å². The second kappa shape index (κ2) is 4.82. The van der Waals surface area contributed by atoms with Crippen molar-refractivity contribution in [2.75, 3.05) is 0 Å². The van der Waals surface area contributed by atoms with E-state index in [-0.39, 0.29) is 5.54 Å². The first-order valence-electron chi connectivity index (χ1n) is 7.88. The number of fused-ring (bicyclic) bond motifs is 3. The van der Waals surface area contributed by atoms with Gasteiger partial charge in [-0.3, -0.25) is 0 Å². The number of rotatable bonds is 2. The van der Waals surface area contributed by atoms with Crippen LogP contribution in [0.15, 0.2) is 30.5 Å². The number of halogens is 3. The van der Waals surface area contributed by atoms with Gasteiger partial charge in [-0.05, 0) is 19.4 Å². The monoisotopic (exact) mass is 324 g/mol. The van der Waals surface area contributed by atoms with Gasteiger partial charge in [-0.1, -0.05) is 13.8 Å². The molecule has 3 rings (SSSR count). The van der Waals surface area contributed by atoms with E-state index >= 15 is 0 Å². The Balaban J connectivity index is 2.38. The van der Waals surface area contributed by atoms with Crippen LogP contribution in [0.1, 0.15) is 46.2 Å². The highest BCUT2D eigenvalue weighted by Crippen LogP contribution is 2.45. The summed E-state index contributed by atoms with van der Waals surface area (Å²) in [5.41, 5.74) is -0.443. The first-order valence-corrected chi connectivity index (χ1v) is 7.88. The molecule has 1 aliphatic rings. The van der Waals surface area contributed by atoms with E-state index in [2.05, 4.69) is 23.5 Å². The first kappa shape index (κ1) is 16.0. The van der Waals surface area contributed by atoms with Gasteiger partial charge in [-0.25, -0.2) is 4.68 Å². The predicted octanol–water partition coefficient (Wildman–Crippen LogP) is 4.12. The molecule has 0 bridgehead atoms. The molecule has 0 N–H and O–H groups in total. The Bertz CT molecular complexity index is 750. The van der Waals surface area contributed by atoms with Crippen LogP contribution in [-0.4, -0.2) is 9.78 Å². The highest BCUT2D eigenvalue weighted by molar-refractivity contribution is 5.54. The fourth-order valence-corrected chi connectivity index (χ4v) is 3.73. The number of nitrogens with zero attached hydrogens (tertiary/aromatic N) is 3. The zero-order chi connectivity index (χ0) is 17.0. The molecule has 0 saturated carbocycles. The number of aromatic nitrogens is 3. The van der Waals surface area contributed by atoms with Crippen molar-refractivity contribution in [2.45, 2.75) is 57.8 Å². The molecular weight excluding hydrogens is 303 g/mol. The minimum Gasteiger partial charge on any atom is -0.245 e. The molecule has 3 nitrogen and oxygen atoms in total. The van der Waals surface area contributed by atoms with Crippen LogP contribution in [0.2, 0.25) is 0 Å². The third-order valence-electron chi connectivity index (χ3n) is 5.66. The van der Waals surface area contributed by atoms with Gasteiger partial charge in [-0.2, -0.15) is 22.8 Å². The van der Waals surface area contributed by atoms with Crippen molar-refractivity contribution in [3.63, 3.8) is 0 Å². The standard InChI is InChI=1S/C17H21F3N3/c1-5-15(3)16(4,6-2)23-13(11-14(21-23)17(18,19)20)12-9-7-8-10-22(12)15/h7-11H,5-6H2,1-4H3/q+1. The average Bonchev–Trinajstić information content (AvgIpc) is 2.98. The van der Waals surface area contributed by atoms with Crippen molar-refractivity contribution in [1.29, 1.82) is 0 Å². The molecular formula is C17H21F3N3+. The van der Waals surface area contributed by atoms with Crippen molar-refractivity contribution in [3.05, 3.63) is 36.2 Å². The SMILES string of the molecule is CCC1(C)n2nc(C(F)(F)F)cc2-c2cccc[n+]2C1(C)CC. The number of pyridine rings is 1. The van der Waals surface area contributed by atoms with E-state index in [4.69, 9.17) is 0 Å². The molecule has 0 aliphatic carbocycles. The Kier molecular flexibility index (Phi) is 3.36. The number of alkyl halides is 3. The van der Waals surface area contributed by atoms with E-state index in [9.17, 15) is 13.2 Å². The van der Waals surface area contributed by atoms with Crippen molar-refractivity contribution in [1.82, 2.24) is 9.78 Å². The van der Waals surface area contributed by atoms with E-state index in [1.165, 1.54) is 0 Å². The fraction of sp³-hybridized carbons (Fsp3) is 0.529. The summed E-state index contributed by atoms with van der Waals surface area (Å²) < 4.78 is 43.3. The lowest BCUT2D eigenvalue weighted by atomic mass is 9.73. The molecule has 1 aliphatic heterocycles. The van der Waals surface area contributed by atoms with Gasteiger partial charge in [0.05, 0.1) is 0 Å². The van der Waals surface area contributed by atoms with Crippen LogP contribution < -0.4 is 4.57 Å². The summed E-state index contributed by atoms with van der Waals surface area (Å²) in [7, 11) is 0. The Labute approximate surface area is 133 Å². The molecule has 3 heterocycles. The normalized spacial score (nSPS) is 26.7. The van der Waals surface area contributed by atoms with E-state index in [1.807, 2.05) is 38.2 Å². The molecule has 23 heavy (non-hydrogen) atoms. The van der Waals surface area contributed by atoms with Crippen molar-refractivity contribution < 1.29 is 17.7 Å². The molecule has 0 amide bonds. The van der Waals surface area contributed by atoms with Gasteiger partial charge < -0.3 is 0 Å². The van der Waals surface area contributed by atoms with Crippen molar-refractivity contribution in [2.24, 2.45) is 0 Å². The summed E-state index contributed by atoms with van der Waals surface area (Å²) in [4.78, 5) is 0. The summed E-state index contributed by atoms with van der Waals surface area (Å²) in [5, 5.41) is 3.97. The molecule has 0 saturated heterocycles. The second-order valence-corrected chi connectivity index (χ2v) is 6.54. The molecule has 2 unspecified atom stereocenters. The van der Waals surface area contributed by atoms with Gasteiger partial charge in [-0.15, -0.1) is 0 Å². The van der Waals surface area contributed by atoms with Crippen LogP contribution in [0.4, 0.5) is 13.2 Å². The summed E-state index contributed by atoms with van der Waals surface area (Å²) in [6.45, 7) is 8.16. The summed E-state index contributed by atoms with van der Waals surface area (Å²) >= 11 is 0. The van der Waals surface area contributed by atoms with Gasteiger partial charge in [0.25, 0.3) is 0 Å². The molecule has 0 spiro atoms. The van der Waals surface area contributed by atoms with Crippen LogP contribution in [-0.2, 0) is 17.3 Å². The zero-order valence-electron chi connectivity index (χ0n) is 13.8. The summed E-state index contributed by atoms with van der Waals surface area (Å²) in [5.74, 6) is 0. The summed E-state index contributed by atoms with van der Waals surface area (Å²) in [6, 6.07) is 6.79. The average molecular weight is 324 g/mol. The molecule has 0 radical (unpaired) electrons.